The SMILES string of the molecule is CC(CNc1ncnc2ccc(N)cc12)c1nccs1. The summed E-state index contributed by atoms with van der Waals surface area (Å²) in [5, 5.41) is 7.42. The minimum atomic E-state index is 0.334. The molecular weight excluding hydrogens is 270 g/mol. The van der Waals surface area contributed by atoms with Gasteiger partial charge in [-0.2, -0.15) is 0 Å². The van der Waals surface area contributed by atoms with Crippen LogP contribution in [0.15, 0.2) is 36.1 Å². The van der Waals surface area contributed by atoms with Gasteiger partial charge < -0.3 is 11.1 Å². The lowest BCUT2D eigenvalue weighted by atomic mass is 10.2. The van der Waals surface area contributed by atoms with Crippen LogP contribution in [0.25, 0.3) is 10.9 Å². The van der Waals surface area contributed by atoms with Gasteiger partial charge in [0.25, 0.3) is 0 Å². The molecule has 0 aliphatic carbocycles. The minimum Gasteiger partial charge on any atom is -0.399 e. The summed E-state index contributed by atoms with van der Waals surface area (Å²) in [5.41, 5.74) is 7.43. The first kappa shape index (κ1) is 12.8. The van der Waals surface area contributed by atoms with E-state index in [-0.39, 0.29) is 0 Å². The van der Waals surface area contributed by atoms with Gasteiger partial charge in [0.1, 0.15) is 12.1 Å². The number of thiazole rings is 1. The zero-order valence-electron chi connectivity index (χ0n) is 11.1. The van der Waals surface area contributed by atoms with E-state index in [9.17, 15) is 0 Å². The van der Waals surface area contributed by atoms with E-state index in [4.69, 9.17) is 5.73 Å². The van der Waals surface area contributed by atoms with Crippen molar-refractivity contribution < 1.29 is 0 Å². The Hall–Kier alpha value is -2.21. The van der Waals surface area contributed by atoms with Gasteiger partial charge in [-0.05, 0) is 18.2 Å². The Morgan fingerprint density at radius 1 is 1.30 bits per heavy atom. The highest BCUT2D eigenvalue weighted by Gasteiger charge is 2.10. The molecule has 20 heavy (non-hydrogen) atoms. The monoisotopic (exact) mass is 285 g/mol. The summed E-state index contributed by atoms with van der Waals surface area (Å²) < 4.78 is 0. The smallest absolute Gasteiger partial charge is 0.137 e. The summed E-state index contributed by atoms with van der Waals surface area (Å²) in [5.74, 6) is 1.15. The number of anilines is 2. The summed E-state index contributed by atoms with van der Waals surface area (Å²) >= 11 is 1.67. The molecule has 1 aromatic carbocycles. The van der Waals surface area contributed by atoms with Gasteiger partial charge in [0.15, 0.2) is 0 Å². The van der Waals surface area contributed by atoms with E-state index in [2.05, 4.69) is 27.2 Å². The van der Waals surface area contributed by atoms with Crippen LogP contribution in [0, 0.1) is 0 Å². The van der Waals surface area contributed by atoms with E-state index < -0.39 is 0 Å². The minimum absolute atomic E-state index is 0.334. The molecule has 0 amide bonds. The van der Waals surface area contributed by atoms with Crippen molar-refractivity contribution in [3.8, 4) is 0 Å². The fraction of sp³-hybridized carbons (Fsp3) is 0.214. The molecule has 3 N–H and O–H groups in total. The average Bonchev–Trinajstić information content (AvgIpc) is 2.99. The Balaban J connectivity index is 1.82. The zero-order valence-corrected chi connectivity index (χ0v) is 11.9. The Morgan fingerprint density at radius 2 is 2.20 bits per heavy atom. The lowest BCUT2D eigenvalue weighted by molar-refractivity contribution is 0.792. The Morgan fingerprint density at radius 3 is 3.00 bits per heavy atom. The highest BCUT2D eigenvalue weighted by Crippen LogP contribution is 2.23. The van der Waals surface area contributed by atoms with Crippen LogP contribution in [-0.4, -0.2) is 21.5 Å². The molecule has 0 bridgehead atoms. The summed E-state index contributed by atoms with van der Waals surface area (Å²) in [7, 11) is 0. The maximum Gasteiger partial charge on any atom is 0.137 e. The second-order valence-electron chi connectivity index (χ2n) is 4.65. The van der Waals surface area contributed by atoms with E-state index in [1.807, 2.05) is 29.8 Å². The number of fused-ring (bicyclic) bond motifs is 1. The van der Waals surface area contributed by atoms with Gasteiger partial charge in [-0.1, -0.05) is 6.92 Å². The van der Waals surface area contributed by atoms with E-state index in [0.29, 0.717) is 11.6 Å². The molecule has 5 nitrogen and oxygen atoms in total. The quantitative estimate of drug-likeness (QED) is 0.721. The molecule has 0 fully saturated rings. The summed E-state index contributed by atoms with van der Waals surface area (Å²) in [6, 6.07) is 5.64. The predicted molar refractivity (Wildman–Crippen MR) is 83.0 cm³/mol. The first-order chi connectivity index (χ1) is 9.74. The van der Waals surface area contributed by atoms with E-state index in [1.165, 1.54) is 0 Å². The third kappa shape index (κ3) is 2.55. The molecule has 2 aromatic heterocycles. The van der Waals surface area contributed by atoms with Crippen LogP contribution in [0.3, 0.4) is 0 Å². The Bertz CT molecular complexity index is 711. The van der Waals surface area contributed by atoms with E-state index in [0.717, 1.165) is 28.3 Å². The van der Waals surface area contributed by atoms with Crippen molar-refractivity contribution in [2.75, 3.05) is 17.6 Å². The second-order valence-corrected chi connectivity index (χ2v) is 5.58. The van der Waals surface area contributed by atoms with Gasteiger partial charge in [-0.3, -0.25) is 0 Å². The number of hydrogen-bond donors (Lipinski definition) is 2. The van der Waals surface area contributed by atoms with E-state index in [1.54, 1.807) is 17.7 Å². The van der Waals surface area contributed by atoms with Crippen LogP contribution in [0.1, 0.15) is 17.8 Å². The van der Waals surface area contributed by atoms with Gasteiger partial charge in [0, 0.05) is 35.1 Å². The molecule has 0 spiro atoms. The number of aromatic nitrogens is 3. The van der Waals surface area contributed by atoms with Crippen LogP contribution >= 0.6 is 11.3 Å². The third-order valence-electron chi connectivity index (χ3n) is 3.11. The number of rotatable bonds is 4. The van der Waals surface area contributed by atoms with Crippen molar-refractivity contribution in [2.24, 2.45) is 0 Å². The molecule has 2 heterocycles. The first-order valence-corrected chi connectivity index (χ1v) is 7.25. The number of hydrogen-bond acceptors (Lipinski definition) is 6. The molecule has 3 rings (SSSR count). The standard InChI is InChI=1S/C14H15N5S/c1-9(14-16-4-5-20-14)7-17-13-11-6-10(15)2-3-12(11)18-8-19-13/h2-6,8-9H,7,15H2,1H3,(H,17,18,19). The van der Waals surface area contributed by atoms with Crippen LogP contribution < -0.4 is 11.1 Å². The van der Waals surface area contributed by atoms with Crippen molar-refractivity contribution in [2.45, 2.75) is 12.8 Å². The van der Waals surface area contributed by atoms with Gasteiger partial charge >= 0.3 is 0 Å². The molecular formula is C14H15N5S. The van der Waals surface area contributed by atoms with Crippen LogP contribution in [0.2, 0.25) is 0 Å². The van der Waals surface area contributed by atoms with Crippen molar-refractivity contribution in [1.82, 2.24) is 15.0 Å². The summed E-state index contributed by atoms with van der Waals surface area (Å²) in [6.45, 7) is 2.91. The highest BCUT2D eigenvalue weighted by atomic mass is 32.1. The van der Waals surface area contributed by atoms with E-state index >= 15 is 0 Å². The fourth-order valence-corrected chi connectivity index (χ4v) is 2.73. The molecule has 0 radical (unpaired) electrons. The molecule has 0 aliphatic heterocycles. The van der Waals surface area contributed by atoms with Crippen molar-refractivity contribution >= 4 is 33.7 Å². The predicted octanol–water partition coefficient (Wildman–Crippen LogP) is 2.88. The summed E-state index contributed by atoms with van der Waals surface area (Å²) in [6.07, 6.45) is 3.40. The lowest BCUT2D eigenvalue weighted by Gasteiger charge is -2.12. The molecule has 0 saturated heterocycles. The number of nitrogens with zero attached hydrogens (tertiary/aromatic N) is 3. The number of nitrogens with one attached hydrogen (secondary N) is 1. The van der Waals surface area contributed by atoms with Gasteiger partial charge in [-0.25, -0.2) is 15.0 Å². The molecule has 1 unspecified atom stereocenters. The molecule has 0 aliphatic rings. The lowest BCUT2D eigenvalue weighted by Crippen LogP contribution is -2.11. The van der Waals surface area contributed by atoms with Crippen molar-refractivity contribution in [3.05, 3.63) is 41.1 Å². The van der Waals surface area contributed by atoms with Crippen molar-refractivity contribution in [1.29, 1.82) is 0 Å². The Labute approximate surface area is 120 Å². The van der Waals surface area contributed by atoms with Crippen molar-refractivity contribution in [3.63, 3.8) is 0 Å². The molecule has 3 aromatic rings. The van der Waals surface area contributed by atoms with Crippen LogP contribution in [-0.2, 0) is 0 Å². The summed E-state index contributed by atoms with van der Waals surface area (Å²) in [4.78, 5) is 12.9. The van der Waals surface area contributed by atoms with Crippen LogP contribution in [0.5, 0.6) is 0 Å². The normalized spacial score (nSPS) is 12.4. The molecule has 0 saturated carbocycles. The average molecular weight is 285 g/mol. The number of benzene rings is 1. The Kier molecular flexibility index (Phi) is 3.47. The van der Waals surface area contributed by atoms with Gasteiger partial charge in [-0.15, -0.1) is 11.3 Å². The van der Waals surface area contributed by atoms with Crippen LogP contribution in [0.4, 0.5) is 11.5 Å². The fourth-order valence-electron chi connectivity index (χ4n) is 2.03. The zero-order chi connectivity index (χ0) is 13.9. The highest BCUT2D eigenvalue weighted by molar-refractivity contribution is 7.09. The number of nitrogens with two attached hydrogens (primary N) is 1. The number of nitrogen functional groups attached to an aromatic ring is 1. The van der Waals surface area contributed by atoms with Gasteiger partial charge in [0.2, 0.25) is 0 Å². The first-order valence-electron chi connectivity index (χ1n) is 6.37. The molecule has 1 atom stereocenters. The molecule has 102 valence electrons. The maximum absolute atomic E-state index is 5.83. The topological polar surface area (TPSA) is 76.7 Å². The molecule has 6 heteroatoms. The maximum atomic E-state index is 5.83. The third-order valence-corrected chi connectivity index (χ3v) is 4.12. The largest absolute Gasteiger partial charge is 0.399 e. The second kappa shape index (κ2) is 5.42. The van der Waals surface area contributed by atoms with Gasteiger partial charge in [0.05, 0.1) is 10.5 Å².